The number of anilines is 1. The number of nitrogens with zero attached hydrogens (tertiary/aromatic N) is 3. The first kappa shape index (κ1) is 15.6. The van der Waals surface area contributed by atoms with Crippen LogP contribution in [-0.4, -0.2) is 60.7 Å². The number of nitrogens with two attached hydrogens (primary N) is 2. The van der Waals surface area contributed by atoms with E-state index >= 15 is 0 Å². The largest absolute Gasteiger partial charge is 0.394 e. The lowest BCUT2D eigenvalue weighted by atomic mass is 10.1. The number of aryl methyl sites for hydroxylation is 1. The summed E-state index contributed by atoms with van der Waals surface area (Å²) >= 11 is 0. The Balaban J connectivity index is 2.20. The highest BCUT2D eigenvalue weighted by Crippen LogP contribution is 2.34. The van der Waals surface area contributed by atoms with E-state index in [0.29, 0.717) is 5.82 Å². The average molecular weight is 323 g/mol. The molecule has 10 heteroatoms. The van der Waals surface area contributed by atoms with Crippen LogP contribution in [0.3, 0.4) is 0 Å². The number of carbonyl (C=O) groups excluding carboxylic acids is 1. The van der Waals surface area contributed by atoms with E-state index in [9.17, 15) is 20.1 Å². The van der Waals surface area contributed by atoms with Gasteiger partial charge in [-0.3, -0.25) is 4.79 Å². The van der Waals surface area contributed by atoms with Crippen LogP contribution in [0.1, 0.15) is 22.4 Å². The number of aliphatic hydroxyl groups is 3. The Labute approximate surface area is 130 Å². The Kier molecular flexibility index (Phi) is 3.68. The van der Waals surface area contributed by atoms with Gasteiger partial charge in [0.25, 0.3) is 5.91 Å². The summed E-state index contributed by atoms with van der Waals surface area (Å²) in [5, 5.41) is 29.5. The first-order valence-electron chi connectivity index (χ1n) is 6.92. The third kappa shape index (κ3) is 2.32. The van der Waals surface area contributed by atoms with Crippen molar-refractivity contribution in [2.45, 2.75) is 31.5 Å². The molecule has 0 saturated carbocycles. The zero-order valence-corrected chi connectivity index (χ0v) is 12.2. The summed E-state index contributed by atoms with van der Waals surface area (Å²) in [4.78, 5) is 19.9. The number of fused-ring (bicyclic) bond motifs is 1. The Morgan fingerprint density at radius 1 is 1.39 bits per heavy atom. The molecule has 1 fully saturated rings. The highest BCUT2D eigenvalue weighted by atomic mass is 16.6. The third-order valence-electron chi connectivity index (χ3n) is 3.87. The average Bonchev–Trinajstić information content (AvgIpc) is 2.99. The van der Waals surface area contributed by atoms with E-state index < -0.39 is 37.1 Å². The molecule has 124 valence electrons. The van der Waals surface area contributed by atoms with Crippen molar-refractivity contribution in [3.63, 3.8) is 0 Å². The number of carbonyl (C=O) groups is 1. The number of rotatable bonds is 3. The smallest absolute Gasteiger partial charge is 0.251 e. The highest BCUT2D eigenvalue weighted by Gasteiger charge is 2.44. The van der Waals surface area contributed by atoms with Crippen molar-refractivity contribution in [2.24, 2.45) is 5.73 Å². The Morgan fingerprint density at radius 3 is 2.65 bits per heavy atom. The molecule has 2 aromatic heterocycles. The number of primary amides is 1. The minimum Gasteiger partial charge on any atom is -0.394 e. The fraction of sp³-hybridized carbons (Fsp3) is 0.462. The van der Waals surface area contributed by atoms with E-state index in [4.69, 9.17) is 16.2 Å². The second-order valence-electron chi connectivity index (χ2n) is 5.40. The van der Waals surface area contributed by atoms with Crippen molar-refractivity contribution in [3.05, 3.63) is 17.6 Å². The number of hydrogen-bond acceptors (Lipinski definition) is 8. The zero-order valence-electron chi connectivity index (χ0n) is 12.2. The van der Waals surface area contributed by atoms with Crippen LogP contribution in [0.25, 0.3) is 11.0 Å². The molecular weight excluding hydrogens is 306 g/mol. The lowest BCUT2D eigenvalue weighted by Crippen LogP contribution is -2.33. The molecule has 1 aliphatic rings. The van der Waals surface area contributed by atoms with Crippen LogP contribution >= 0.6 is 0 Å². The van der Waals surface area contributed by atoms with Gasteiger partial charge in [0, 0.05) is 6.20 Å². The van der Waals surface area contributed by atoms with Crippen LogP contribution in [0.15, 0.2) is 6.20 Å². The van der Waals surface area contributed by atoms with Crippen molar-refractivity contribution >= 4 is 22.8 Å². The van der Waals surface area contributed by atoms with Gasteiger partial charge in [-0.2, -0.15) is 0 Å². The fourth-order valence-corrected chi connectivity index (χ4v) is 2.78. The monoisotopic (exact) mass is 323 g/mol. The first-order chi connectivity index (χ1) is 10.8. The third-order valence-corrected chi connectivity index (χ3v) is 3.87. The summed E-state index contributed by atoms with van der Waals surface area (Å²) in [5.41, 5.74) is 11.5. The minimum atomic E-state index is -1.32. The maximum Gasteiger partial charge on any atom is 0.251 e. The molecule has 3 heterocycles. The summed E-state index contributed by atoms with van der Waals surface area (Å²) in [6.45, 7) is 1.15. The summed E-state index contributed by atoms with van der Waals surface area (Å²) in [5.74, 6) is -0.302. The van der Waals surface area contributed by atoms with Gasteiger partial charge in [0.05, 0.1) is 17.6 Å². The van der Waals surface area contributed by atoms with Gasteiger partial charge in [0.1, 0.15) is 35.6 Å². The van der Waals surface area contributed by atoms with Crippen LogP contribution in [0, 0.1) is 6.92 Å². The van der Waals surface area contributed by atoms with Crippen molar-refractivity contribution < 1.29 is 24.9 Å². The molecule has 1 saturated heterocycles. The number of ether oxygens (including phenoxy) is 1. The molecule has 7 N–H and O–H groups in total. The van der Waals surface area contributed by atoms with Gasteiger partial charge in [-0.05, 0) is 6.92 Å². The predicted octanol–water partition coefficient (Wildman–Crippen LogP) is -1.97. The Morgan fingerprint density at radius 2 is 2.09 bits per heavy atom. The minimum absolute atomic E-state index is 0.0757. The molecule has 1 amide bonds. The number of aromatic nitrogens is 3. The van der Waals surface area contributed by atoms with E-state index in [1.165, 1.54) is 10.8 Å². The van der Waals surface area contributed by atoms with Gasteiger partial charge >= 0.3 is 0 Å². The molecule has 1 unspecified atom stereocenters. The molecule has 0 radical (unpaired) electrons. The van der Waals surface area contributed by atoms with Crippen LogP contribution < -0.4 is 11.5 Å². The van der Waals surface area contributed by atoms with Crippen LogP contribution in [0.2, 0.25) is 0 Å². The molecule has 0 aliphatic carbocycles. The normalized spacial score (nSPS) is 27.7. The molecule has 0 aromatic carbocycles. The van der Waals surface area contributed by atoms with E-state index in [-0.39, 0.29) is 22.4 Å². The van der Waals surface area contributed by atoms with Gasteiger partial charge < -0.3 is 36.1 Å². The van der Waals surface area contributed by atoms with E-state index in [0.717, 1.165) is 0 Å². The first-order valence-corrected chi connectivity index (χ1v) is 6.92. The molecule has 10 nitrogen and oxygen atoms in total. The summed E-state index contributed by atoms with van der Waals surface area (Å²) in [6, 6.07) is 0. The van der Waals surface area contributed by atoms with Gasteiger partial charge in [-0.25, -0.2) is 9.97 Å². The molecule has 3 rings (SSSR count). The summed E-state index contributed by atoms with van der Waals surface area (Å²) in [7, 11) is 0. The molecular formula is C13H17N5O5. The maximum atomic E-state index is 11.7. The van der Waals surface area contributed by atoms with E-state index in [1.807, 2.05) is 0 Å². The van der Waals surface area contributed by atoms with Crippen molar-refractivity contribution in [1.82, 2.24) is 14.5 Å². The van der Waals surface area contributed by atoms with Crippen LogP contribution in [0.4, 0.5) is 5.82 Å². The maximum absolute atomic E-state index is 11.7. The molecule has 1 aliphatic heterocycles. The second-order valence-corrected chi connectivity index (χ2v) is 5.40. The van der Waals surface area contributed by atoms with Gasteiger partial charge in [-0.15, -0.1) is 0 Å². The van der Waals surface area contributed by atoms with Gasteiger partial charge in [-0.1, -0.05) is 0 Å². The molecule has 0 bridgehead atoms. The van der Waals surface area contributed by atoms with Crippen molar-refractivity contribution in [3.8, 4) is 0 Å². The molecule has 0 spiro atoms. The molecule has 23 heavy (non-hydrogen) atoms. The highest BCUT2D eigenvalue weighted by molar-refractivity contribution is 6.08. The number of amides is 1. The standard InChI is InChI=1S/C13H17N5O5/c1-4-16-10(14)7-5(11(15)22)2-18(12(7)17-4)13-9(21)8(20)6(3-19)23-13/h2,6,8-9,13,19-21H,3H2,1H3,(H2,15,22)(H2,14,16,17)/t6?,8-,9-,13-/m1/s1. The fourth-order valence-electron chi connectivity index (χ4n) is 2.78. The topological polar surface area (TPSA) is 170 Å². The SMILES string of the molecule is Cc1nc(N)c2c(C(N)=O)cn([C@@H]3OC(CO)[C@@H](O)[C@H]3O)c2n1. The zero-order chi connectivity index (χ0) is 16.9. The predicted molar refractivity (Wildman–Crippen MR) is 78.2 cm³/mol. The summed E-state index contributed by atoms with van der Waals surface area (Å²) < 4.78 is 6.83. The van der Waals surface area contributed by atoms with Crippen LogP contribution in [0.5, 0.6) is 0 Å². The number of nitrogen functional groups attached to an aromatic ring is 1. The summed E-state index contributed by atoms with van der Waals surface area (Å²) in [6.07, 6.45) is -3.26. The van der Waals surface area contributed by atoms with Gasteiger partial charge in [0.15, 0.2) is 6.23 Å². The van der Waals surface area contributed by atoms with Crippen molar-refractivity contribution in [1.29, 1.82) is 0 Å². The quantitative estimate of drug-likeness (QED) is 0.433. The molecule has 4 atom stereocenters. The lowest BCUT2D eigenvalue weighted by molar-refractivity contribution is -0.0509. The lowest BCUT2D eigenvalue weighted by Gasteiger charge is -2.17. The number of aliphatic hydroxyl groups excluding tert-OH is 3. The Bertz CT molecular complexity index is 776. The van der Waals surface area contributed by atoms with Gasteiger partial charge in [0.2, 0.25) is 0 Å². The van der Waals surface area contributed by atoms with E-state index in [1.54, 1.807) is 6.92 Å². The van der Waals surface area contributed by atoms with E-state index in [2.05, 4.69) is 9.97 Å². The number of hydrogen-bond donors (Lipinski definition) is 5. The Hall–Kier alpha value is -2.27. The van der Waals surface area contributed by atoms with Crippen molar-refractivity contribution in [2.75, 3.05) is 12.3 Å². The second kappa shape index (κ2) is 5.42. The molecule has 2 aromatic rings. The van der Waals surface area contributed by atoms with Crippen LogP contribution in [-0.2, 0) is 4.74 Å².